The lowest BCUT2D eigenvalue weighted by atomic mass is 10.0. The maximum atomic E-state index is 13.6. The van der Waals surface area contributed by atoms with Gasteiger partial charge in [-0.3, -0.25) is 9.78 Å². The van der Waals surface area contributed by atoms with E-state index in [1.165, 1.54) is 0 Å². The molecule has 9 heteroatoms. The Morgan fingerprint density at radius 2 is 1.88 bits per heavy atom. The summed E-state index contributed by atoms with van der Waals surface area (Å²) in [4.78, 5) is 37.0. The average molecular weight is 565 g/mol. The summed E-state index contributed by atoms with van der Waals surface area (Å²) in [6.45, 7) is 7.26. The molecule has 0 bridgehead atoms. The number of hydrogen-bond donors (Lipinski definition) is 1. The minimum atomic E-state index is -0.571. The van der Waals surface area contributed by atoms with Crippen LogP contribution in [0.1, 0.15) is 49.5 Å². The molecular formula is C33H36N6O3. The number of piperidine rings is 1. The number of nitrogens with one attached hydrogen (secondary N) is 1. The number of carbonyl (C=O) groups excluding carboxylic acids is 2. The van der Waals surface area contributed by atoms with Crippen molar-refractivity contribution in [3.63, 3.8) is 0 Å². The molecule has 1 saturated heterocycles. The third-order valence-electron chi connectivity index (χ3n) is 7.66. The largest absolute Gasteiger partial charge is 0.444 e. The molecule has 5 aromatic rings. The minimum absolute atomic E-state index is 0.0644. The summed E-state index contributed by atoms with van der Waals surface area (Å²) in [7, 11) is 2.01. The molecule has 1 aliphatic rings. The number of ether oxygens (including phenoxy) is 1. The second-order valence-corrected chi connectivity index (χ2v) is 12.0. The van der Waals surface area contributed by atoms with Crippen molar-refractivity contribution in [2.24, 2.45) is 7.05 Å². The predicted molar refractivity (Wildman–Crippen MR) is 163 cm³/mol. The number of fused-ring (bicyclic) bond motifs is 2. The van der Waals surface area contributed by atoms with Gasteiger partial charge < -0.3 is 24.1 Å². The lowest BCUT2D eigenvalue weighted by Gasteiger charge is -2.33. The number of aryl methyl sites for hydroxylation is 1. The van der Waals surface area contributed by atoms with Crippen molar-refractivity contribution in [2.75, 3.05) is 13.1 Å². The molecule has 1 atom stereocenters. The topological polar surface area (TPSA) is 94.3 Å². The molecule has 42 heavy (non-hydrogen) atoms. The van der Waals surface area contributed by atoms with Gasteiger partial charge in [-0.1, -0.05) is 24.3 Å². The van der Waals surface area contributed by atoms with E-state index >= 15 is 0 Å². The van der Waals surface area contributed by atoms with Gasteiger partial charge in [0.15, 0.2) is 5.82 Å². The molecule has 1 fully saturated rings. The lowest BCUT2D eigenvalue weighted by Crippen LogP contribution is -2.50. The molecular weight excluding hydrogens is 528 g/mol. The summed E-state index contributed by atoms with van der Waals surface area (Å²) in [6.07, 6.45) is 4.83. The quantitative estimate of drug-likeness (QED) is 0.293. The van der Waals surface area contributed by atoms with E-state index in [-0.39, 0.29) is 11.9 Å². The number of carbonyl (C=O) groups is 2. The van der Waals surface area contributed by atoms with Crippen LogP contribution in [0.4, 0.5) is 4.79 Å². The van der Waals surface area contributed by atoms with Crippen LogP contribution in [0.5, 0.6) is 0 Å². The number of likely N-dealkylation sites (tertiary alicyclic amines) is 1. The fourth-order valence-corrected chi connectivity index (χ4v) is 5.74. The van der Waals surface area contributed by atoms with Crippen LogP contribution in [0, 0.1) is 0 Å². The highest BCUT2D eigenvalue weighted by Gasteiger charge is 2.28. The number of rotatable bonds is 5. The number of benzene rings is 2. The second kappa shape index (κ2) is 11.0. The third-order valence-corrected chi connectivity index (χ3v) is 7.66. The Bertz CT molecular complexity index is 1770. The van der Waals surface area contributed by atoms with Crippen LogP contribution >= 0.6 is 0 Å². The van der Waals surface area contributed by atoms with Gasteiger partial charge in [-0.2, -0.15) is 0 Å². The number of pyridine rings is 1. The number of alkyl carbamates (subject to hydrolysis) is 1. The average Bonchev–Trinajstić information content (AvgIpc) is 3.49. The molecule has 2 amide bonds. The molecule has 0 radical (unpaired) electrons. The number of imidazole rings is 1. The van der Waals surface area contributed by atoms with Gasteiger partial charge in [0.05, 0.1) is 16.7 Å². The van der Waals surface area contributed by atoms with Crippen LogP contribution < -0.4 is 5.32 Å². The fourth-order valence-electron chi connectivity index (χ4n) is 5.74. The smallest absolute Gasteiger partial charge is 0.407 e. The molecule has 1 aliphatic heterocycles. The molecule has 9 nitrogen and oxygen atoms in total. The van der Waals surface area contributed by atoms with Crippen molar-refractivity contribution >= 4 is 33.9 Å². The van der Waals surface area contributed by atoms with Crippen LogP contribution in [-0.2, 0) is 18.3 Å². The summed E-state index contributed by atoms with van der Waals surface area (Å²) >= 11 is 0. The maximum Gasteiger partial charge on any atom is 0.407 e. The van der Waals surface area contributed by atoms with Crippen molar-refractivity contribution in [3.05, 3.63) is 84.2 Å². The monoisotopic (exact) mass is 564 g/mol. The van der Waals surface area contributed by atoms with Gasteiger partial charge in [-0.15, -0.1) is 0 Å². The zero-order valence-corrected chi connectivity index (χ0v) is 24.5. The van der Waals surface area contributed by atoms with Crippen LogP contribution in [0.3, 0.4) is 0 Å². The minimum Gasteiger partial charge on any atom is -0.444 e. The molecule has 2 aromatic carbocycles. The Morgan fingerprint density at radius 3 is 2.67 bits per heavy atom. The molecule has 3 aromatic heterocycles. The number of hydrogen-bond acceptors (Lipinski definition) is 5. The van der Waals surface area contributed by atoms with Crippen molar-refractivity contribution in [1.29, 1.82) is 0 Å². The zero-order valence-electron chi connectivity index (χ0n) is 24.5. The molecule has 0 spiro atoms. The molecule has 0 aliphatic carbocycles. The fraction of sp³-hybridized carbons (Fsp3) is 0.333. The Labute approximate surface area is 245 Å². The van der Waals surface area contributed by atoms with Crippen molar-refractivity contribution in [3.8, 4) is 11.5 Å². The predicted octanol–water partition coefficient (Wildman–Crippen LogP) is 5.77. The summed E-state index contributed by atoms with van der Waals surface area (Å²) in [5, 5.41) is 4.06. The number of amides is 2. The van der Waals surface area contributed by atoms with Gasteiger partial charge in [-0.05, 0) is 75.6 Å². The molecule has 6 rings (SSSR count). The van der Waals surface area contributed by atoms with Crippen molar-refractivity contribution in [2.45, 2.75) is 51.8 Å². The van der Waals surface area contributed by atoms with Crippen molar-refractivity contribution in [1.82, 2.24) is 29.3 Å². The lowest BCUT2D eigenvalue weighted by molar-refractivity contribution is 0.0452. The van der Waals surface area contributed by atoms with E-state index in [4.69, 9.17) is 9.72 Å². The first kappa shape index (κ1) is 27.5. The summed E-state index contributed by atoms with van der Waals surface area (Å²) in [6, 6.07) is 20.1. The van der Waals surface area contributed by atoms with Gasteiger partial charge >= 0.3 is 6.09 Å². The molecule has 0 saturated carbocycles. The summed E-state index contributed by atoms with van der Waals surface area (Å²) in [5.41, 5.74) is 4.95. The molecule has 1 unspecified atom stereocenters. The standard InChI is InChI=1S/C33H36N6O3/c1-33(2,3)42-32(41)35-25-11-8-16-38(21-25)31(40)24-13-14-28-26(17-24)36-30(37(28)4)29-18-23-10-5-6-12-27(23)39(29)20-22-9-7-15-34-19-22/h5-7,9-10,12-15,17-19,25H,8,11,16,20-21H2,1-4H3,(H,35,41). The Kier molecular flexibility index (Phi) is 7.18. The van der Waals surface area contributed by atoms with Crippen molar-refractivity contribution < 1.29 is 14.3 Å². The Balaban J connectivity index is 1.28. The summed E-state index contributed by atoms with van der Waals surface area (Å²) < 4.78 is 9.76. The van der Waals surface area contributed by atoms with Gasteiger partial charge in [-0.25, -0.2) is 9.78 Å². The van der Waals surface area contributed by atoms with Gasteiger partial charge in [0.1, 0.15) is 5.60 Å². The first-order chi connectivity index (χ1) is 20.2. The van der Waals surface area contributed by atoms with E-state index in [1.807, 2.05) is 75.3 Å². The van der Waals surface area contributed by atoms with E-state index in [1.54, 1.807) is 6.20 Å². The molecule has 216 valence electrons. The van der Waals surface area contributed by atoms with Crippen LogP contribution in [0.25, 0.3) is 33.5 Å². The third kappa shape index (κ3) is 5.59. The van der Waals surface area contributed by atoms with Crippen LogP contribution in [-0.4, -0.2) is 60.7 Å². The highest BCUT2D eigenvalue weighted by atomic mass is 16.6. The molecule has 4 heterocycles. The van der Waals surface area contributed by atoms with Crippen LogP contribution in [0.15, 0.2) is 73.1 Å². The Morgan fingerprint density at radius 1 is 1.05 bits per heavy atom. The van der Waals surface area contributed by atoms with Gasteiger partial charge in [0.25, 0.3) is 5.91 Å². The highest BCUT2D eigenvalue weighted by Crippen LogP contribution is 2.31. The highest BCUT2D eigenvalue weighted by molar-refractivity contribution is 5.98. The van der Waals surface area contributed by atoms with Gasteiger partial charge in [0.2, 0.25) is 0 Å². The number of para-hydroxylation sites is 1. The number of aromatic nitrogens is 4. The normalized spacial score (nSPS) is 15.7. The summed E-state index contributed by atoms with van der Waals surface area (Å²) in [5.74, 6) is 0.764. The second-order valence-electron chi connectivity index (χ2n) is 12.0. The SMILES string of the molecule is Cn1c(-c2cc3ccccc3n2Cc2cccnc2)nc2cc(C(=O)N3CCCC(NC(=O)OC(C)(C)C)C3)ccc21. The van der Waals surface area contributed by atoms with E-state index in [0.717, 1.165) is 51.9 Å². The number of nitrogens with zero attached hydrogens (tertiary/aromatic N) is 5. The van der Waals surface area contributed by atoms with Gasteiger partial charge in [0, 0.05) is 61.6 Å². The van der Waals surface area contributed by atoms with E-state index < -0.39 is 11.7 Å². The van der Waals surface area contributed by atoms with E-state index in [2.05, 4.69) is 43.7 Å². The first-order valence-corrected chi connectivity index (χ1v) is 14.4. The Hall–Kier alpha value is -4.66. The molecule has 1 N–H and O–H groups in total. The van der Waals surface area contributed by atoms with Crippen LogP contribution in [0.2, 0.25) is 0 Å². The first-order valence-electron chi connectivity index (χ1n) is 14.4. The van der Waals surface area contributed by atoms with E-state index in [0.29, 0.717) is 25.2 Å². The zero-order chi connectivity index (χ0) is 29.4. The maximum absolute atomic E-state index is 13.6. The van der Waals surface area contributed by atoms with E-state index in [9.17, 15) is 9.59 Å².